The maximum absolute atomic E-state index is 9.65. The lowest BCUT2D eigenvalue weighted by atomic mass is 9.91. The van der Waals surface area contributed by atoms with Gasteiger partial charge in [0.2, 0.25) is 0 Å². The van der Waals surface area contributed by atoms with Crippen molar-refractivity contribution >= 4 is 5.69 Å². The minimum atomic E-state index is 0.396. The highest BCUT2D eigenvalue weighted by atomic mass is 16.5. The van der Waals surface area contributed by atoms with E-state index in [1.165, 1.54) is 11.3 Å². The molecule has 0 bridgehead atoms. The summed E-state index contributed by atoms with van der Waals surface area (Å²) in [6.45, 7) is 10.3. The third kappa shape index (κ3) is 3.89. The maximum Gasteiger partial charge on any atom is 0.103 e. The van der Waals surface area contributed by atoms with Gasteiger partial charge in [0, 0.05) is 55.6 Å². The summed E-state index contributed by atoms with van der Waals surface area (Å²) in [4.78, 5) is 9.25. The fourth-order valence-corrected chi connectivity index (χ4v) is 4.43. The molecule has 2 saturated heterocycles. The van der Waals surface area contributed by atoms with Gasteiger partial charge < -0.3 is 9.64 Å². The van der Waals surface area contributed by atoms with Crippen LogP contribution in [0.3, 0.4) is 0 Å². The molecule has 28 heavy (non-hydrogen) atoms. The highest BCUT2D eigenvalue weighted by Crippen LogP contribution is 2.33. The second-order valence-electron chi connectivity index (χ2n) is 7.84. The molecule has 0 aromatic carbocycles. The largest absolute Gasteiger partial charge is 0.379 e. The lowest BCUT2D eigenvalue weighted by Crippen LogP contribution is -2.37. The predicted molar refractivity (Wildman–Crippen MR) is 107 cm³/mol. The molecule has 2 fully saturated rings. The molecule has 2 aromatic heterocycles. The maximum atomic E-state index is 9.65. The van der Waals surface area contributed by atoms with Gasteiger partial charge in [-0.1, -0.05) is 0 Å². The van der Waals surface area contributed by atoms with Crippen molar-refractivity contribution in [1.82, 2.24) is 20.1 Å². The molecular weight excluding hydrogens is 352 g/mol. The van der Waals surface area contributed by atoms with Crippen LogP contribution in [0.5, 0.6) is 0 Å². The molecular formula is C21H28N6O. The number of nitriles is 1. The molecule has 0 spiro atoms. The third-order valence-electron chi connectivity index (χ3n) is 5.84. The zero-order valence-corrected chi connectivity index (χ0v) is 16.7. The van der Waals surface area contributed by atoms with Crippen molar-refractivity contribution in [2.45, 2.75) is 39.2 Å². The Morgan fingerprint density at radius 1 is 1.29 bits per heavy atom. The number of aryl methyl sites for hydroxylation is 2. The van der Waals surface area contributed by atoms with Crippen LogP contribution in [0.4, 0.5) is 5.69 Å². The van der Waals surface area contributed by atoms with E-state index in [0.29, 0.717) is 11.5 Å². The molecule has 2 aliphatic heterocycles. The molecule has 1 unspecified atom stereocenters. The average Bonchev–Trinajstić information content (AvgIpc) is 3.16. The SMILES string of the molecule is Cc1cc(N2CCCC(c3[nH]ncc3CN3CCOCC3)C2)c(C#N)c(C)n1. The van der Waals surface area contributed by atoms with Crippen LogP contribution in [0.1, 0.15) is 47.0 Å². The monoisotopic (exact) mass is 380 g/mol. The number of piperidine rings is 1. The molecule has 2 aromatic rings. The van der Waals surface area contributed by atoms with Crippen molar-refractivity contribution in [2.75, 3.05) is 44.3 Å². The predicted octanol–water partition coefficient (Wildman–Crippen LogP) is 2.51. The van der Waals surface area contributed by atoms with E-state index in [4.69, 9.17) is 4.74 Å². The quantitative estimate of drug-likeness (QED) is 0.878. The summed E-state index contributed by atoms with van der Waals surface area (Å²) in [5.74, 6) is 0.396. The Morgan fingerprint density at radius 2 is 2.11 bits per heavy atom. The van der Waals surface area contributed by atoms with Crippen molar-refractivity contribution in [3.63, 3.8) is 0 Å². The number of hydrogen-bond donors (Lipinski definition) is 1. The number of aromatic amines is 1. The van der Waals surface area contributed by atoms with E-state index in [-0.39, 0.29) is 0 Å². The Labute approximate surface area is 166 Å². The second kappa shape index (κ2) is 8.29. The molecule has 2 aliphatic rings. The van der Waals surface area contributed by atoms with Crippen LogP contribution in [-0.2, 0) is 11.3 Å². The highest BCUT2D eigenvalue weighted by molar-refractivity contribution is 5.62. The molecule has 1 atom stereocenters. The van der Waals surface area contributed by atoms with Crippen LogP contribution in [0.2, 0.25) is 0 Å². The smallest absolute Gasteiger partial charge is 0.103 e. The molecule has 0 aliphatic carbocycles. The first-order chi connectivity index (χ1) is 13.7. The van der Waals surface area contributed by atoms with Crippen molar-refractivity contribution in [1.29, 1.82) is 5.26 Å². The summed E-state index contributed by atoms with van der Waals surface area (Å²) in [7, 11) is 0. The van der Waals surface area contributed by atoms with Gasteiger partial charge in [0.25, 0.3) is 0 Å². The molecule has 4 rings (SSSR count). The number of pyridine rings is 1. The van der Waals surface area contributed by atoms with Gasteiger partial charge in [-0.15, -0.1) is 0 Å². The zero-order chi connectivity index (χ0) is 19.5. The first-order valence-electron chi connectivity index (χ1n) is 10.1. The Kier molecular flexibility index (Phi) is 5.60. The van der Waals surface area contributed by atoms with Gasteiger partial charge in [-0.2, -0.15) is 10.4 Å². The fraction of sp³-hybridized carbons (Fsp3) is 0.571. The van der Waals surface area contributed by atoms with Crippen LogP contribution in [0.25, 0.3) is 0 Å². The number of hydrogen-bond acceptors (Lipinski definition) is 6. The molecule has 4 heterocycles. The summed E-state index contributed by atoms with van der Waals surface area (Å²) < 4.78 is 5.47. The van der Waals surface area contributed by atoms with Crippen LogP contribution in [-0.4, -0.2) is 59.5 Å². The van der Waals surface area contributed by atoms with Crippen molar-refractivity contribution in [3.05, 3.63) is 40.5 Å². The van der Waals surface area contributed by atoms with Gasteiger partial charge in [-0.3, -0.25) is 15.0 Å². The summed E-state index contributed by atoms with van der Waals surface area (Å²) in [5.41, 5.74) is 6.03. The van der Waals surface area contributed by atoms with E-state index in [1.807, 2.05) is 20.0 Å². The number of H-pyrrole nitrogens is 1. The molecule has 1 N–H and O–H groups in total. The topological polar surface area (TPSA) is 81.1 Å². The van der Waals surface area contributed by atoms with Crippen LogP contribution in [0.15, 0.2) is 12.3 Å². The van der Waals surface area contributed by atoms with Gasteiger partial charge in [0.1, 0.15) is 6.07 Å². The van der Waals surface area contributed by atoms with E-state index < -0.39 is 0 Å². The normalized spacial score (nSPS) is 20.9. The van der Waals surface area contributed by atoms with E-state index in [1.54, 1.807) is 0 Å². The Morgan fingerprint density at radius 3 is 2.89 bits per heavy atom. The highest BCUT2D eigenvalue weighted by Gasteiger charge is 2.27. The van der Waals surface area contributed by atoms with Gasteiger partial charge in [-0.25, -0.2) is 0 Å². The molecule has 148 valence electrons. The number of ether oxygens (including phenoxy) is 1. The molecule has 7 heteroatoms. The summed E-state index contributed by atoms with van der Waals surface area (Å²) in [5, 5.41) is 17.3. The van der Waals surface area contributed by atoms with Crippen molar-refractivity contribution in [2.24, 2.45) is 0 Å². The molecule has 0 saturated carbocycles. The number of aromatic nitrogens is 3. The minimum Gasteiger partial charge on any atom is -0.379 e. The van der Waals surface area contributed by atoms with Crippen molar-refractivity contribution in [3.8, 4) is 6.07 Å². The first kappa shape index (κ1) is 18.9. The summed E-state index contributed by atoms with van der Waals surface area (Å²) in [6, 6.07) is 4.41. The summed E-state index contributed by atoms with van der Waals surface area (Å²) >= 11 is 0. The van der Waals surface area contributed by atoms with Gasteiger partial charge >= 0.3 is 0 Å². The number of morpholine rings is 1. The number of rotatable bonds is 4. The third-order valence-corrected chi connectivity index (χ3v) is 5.84. The molecule has 0 radical (unpaired) electrons. The van der Waals surface area contributed by atoms with Crippen molar-refractivity contribution < 1.29 is 4.74 Å². The number of nitrogens with one attached hydrogen (secondary N) is 1. The molecule has 0 amide bonds. The lowest BCUT2D eigenvalue weighted by Gasteiger charge is -2.35. The fourth-order valence-electron chi connectivity index (χ4n) is 4.43. The van der Waals surface area contributed by atoms with Crippen LogP contribution >= 0.6 is 0 Å². The average molecular weight is 380 g/mol. The van der Waals surface area contributed by atoms with Crippen LogP contribution in [0, 0.1) is 25.2 Å². The van der Waals surface area contributed by atoms with Gasteiger partial charge in [-0.05, 0) is 32.8 Å². The van der Waals surface area contributed by atoms with E-state index >= 15 is 0 Å². The first-order valence-corrected chi connectivity index (χ1v) is 10.1. The minimum absolute atomic E-state index is 0.396. The summed E-state index contributed by atoms with van der Waals surface area (Å²) in [6.07, 6.45) is 4.22. The van der Waals surface area contributed by atoms with E-state index in [0.717, 1.165) is 75.9 Å². The van der Waals surface area contributed by atoms with Gasteiger partial charge in [0.05, 0.1) is 36.4 Å². The second-order valence-corrected chi connectivity index (χ2v) is 7.84. The Bertz CT molecular complexity index is 864. The number of anilines is 1. The van der Waals surface area contributed by atoms with Gasteiger partial charge in [0.15, 0.2) is 0 Å². The molecule has 7 nitrogen and oxygen atoms in total. The Balaban J connectivity index is 1.54. The lowest BCUT2D eigenvalue weighted by molar-refractivity contribution is 0.0340. The van der Waals surface area contributed by atoms with E-state index in [9.17, 15) is 5.26 Å². The Hall–Kier alpha value is -2.43. The van der Waals surface area contributed by atoms with Crippen LogP contribution < -0.4 is 4.90 Å². The van der Waals surface area contributed by atoms with E-state index in [2.05, 4.69) is 37.1 Å². The standard InChI is InChI=1S/C21H28N6O/c1-15-10-20(19(11-22)16(2)24-15)27-5-3-4-17(14-27)21-18(12-23-25-21)13-26-6-8-28-9-7-26/h10,12,17H,3-9,13-14H2,1-2H3,(H,23,25). The zero-order valence-electron chi connectivity index (χ0n) is 16.7. The number of nitrogens with zero attached hydrogens (tertiary/aromatic N) is 5.